The molecule has 0 radical (unpaired) electrons. The Kier molecular flexibility index (Phi) is 5.21. The van der Waals surface area contributed by atoms with Gasteiger partial charge in [0.2, 0.25) is 0 Å². The van der Waals surface area contributed by atoms with Crippen molar-refractivity contribution < 1.29 is 14.3 Å². The maximum Gasteiger partial charge on any atom is 0.426 e. The molecule has 2 aromatic rings. The number of rotatable bonds is 3. The number of thiophene rings is 1. The van der Waals surface area contributed by atoms with Crippen LogP contribution in [-0.2, 0) is 23.9 Å². The quantitative estimate of drug-likeness (QED) is 0.709. The number of hydrogen-bond donors (Lipinski definition) is 2. The molecule has 0 aromatic carbocycles. The molecule has 2 aromatic heterocycles. The molecule has 0 saturated heterocycles. The van der Waals surface area contributed by atoms with E-state index in [1.165, 1.54) is 20.5 Å². The summed E-state index contributed by atoms with van der Waals surface area (Å²) in [6.45, 7) is 8.68. The fourth-order valence-corrected chi connectivity index (χ4v) is 4.47. The SMILES string of the molecule is Cc1c(CN(NC(=O)OC(C)(C)C)C(N)=O)sc2c1c(=O)n(C1(C)CC1)c(=O)n2C. The summed E-state index contributed by atoms with van der Waals surface area (Å²) in [5.74, 6) is 0. The van der Waals surface area contributed by atoms with Crippen molar-refractivity contribution in [2.24, 2.45) is 12.8 Å². The summed E-state index contributed by atoms with van der Waals surface area (Å²) >= 11 is 1.21. The van der Waals surface area contributed by atoms with E-state index in [1.807, 2.05) is 6.92 Å². The zero-order valence-electron chi connectivity index (χ0n) is 18.0. The molecule has 3 rings (SSSR count). The Morgan fingerprint density at radius 2 is 1.90 bits per heavy atom. The lowest BCUT2D eigenvalue weighted by molar-refractivity contribution is 0.0376. The molecule has 30 heavy (non-hydrogen) atoms. The molecule has 1 aliphatic carbocycles. The van der Waals surface area contributed by atoms with Gasteiger partial charge in [-0.1, -0.05) is 0 Å². The van der Waals surface area contributed by atoms with Crippen molar-refractivity contribution in [1.82, 2.24) is 19.6 Å². The van der Waals surface area contributed by atoms with E-state index in [9.17, 15) is 19.2 Å². The maximum absolute atomic E-state index is 13.1. The van der Waals surface area contributed by atoms with Gasteiger partial charge in [0.1, 0.15) is 10.4 Å². The van der Waals surface area contributed by atoms with E-state index >= 15 is 0 Å². The van der Waals surface area contributed by atoms with E-state index in [0.29, 0.717) is 20.7 Å². The molecule has 11 heteroatoms. The third kappa shape index (κ3) is 3.93. The van der Waals surface area contributed by atoms with E-state index in [4.69, 9.17) is 10.5 Å². The molecular formula is C19H27N5O5S. The van der Waals surface area contributed by atoms with Gasteiger partial charge in [-0.3, -0.25) is 13.9 Å². The van der Waals surface area contributed by atoms with Crippen molar-refractivity contribution in [3.8, 4) is 0 Å². The zero-order valence-corrected chi connectivity index (χ0v) is 18.8. The van der Waals surface area contributed by atoms with Gasteiger partial charge in [0, 0.05) is 11.9 Å². The molecule has 0 spiro atoms. The number of aryl methyl sites for hydroxylation is 2. The third-order valence-corrected chi connectivity index (χ3v) is 6.49. The lowest BCUT2D eigenvalue weighted by Crippen LogP contribution is -2.49. The van der Waals surface area contributed by atoms with Gasteiger partial charge in [-0.15, -0.1) is 11.3 Å². The molecule has 0 bridgehead atoms. The van der Waals surface area contributed by atoms with Crippen LogP contribution < -0.4 is 22.4 Å². The summed E-state index contributed by atoms with van der Waals surface area (Å²) in [4.78, 5) is 51.0. The Bertz CT molecular complexity index is 1150. The van der Waals surface area contributed by atoms with Gasteiger partial charge >= 0.3 is 17.8 Å². The zero-order chi connectivity index (χ0) is 22.6. The molecule has 1 saturated carbocycles. The van der Waals surface area contributed by atoms with Gasteiger partial charge < -0.3 is 10.5 Å². The van der Waals surface area contributed by atoms with E-state index in [0.717, 1.165) is 17.9 Å². The number of amides is 3. The minimum atomic E-state index is -0.880. The number of ether oxygens (including phenoxy) is 1. The van der Waals surface area contributed by atoms with Crippen LogP contribution in [-0.4, -0.2) is 31.9 Å². The lowest BCUT2D eigenvalue weighted by Gasteiger charge is -2.24. The van der Waals surface area contributed by atoms with Crippen LogP contribution in [0.5, 0.6) is 0 Å². The minimum Gasteiger partial charge on any atom is -0.443 e. The van der Waals surface area contributed by atoms with Crippen LogP contribution in [0.1, 0.15) is 51.0 Å². The molecular weight excluding hydrogens is 410 g/mol. The van der Waals surface area contributed by atoms with Gasteiger partial charge in [-0.2, -0.15) is 0 Å². The second kappa shape index (κ2) is 7.15. The van der Waals surface area contributed by atoms with Crippen LogP contribution >= 0.6 is 11.3 Å². The number of aromatic nitrogens is 2. The van der Waals surface area contributed by atoms with E-state index < -0.39 is 23.3 Å². The number of nitrogens with zero attached hydrogens (tertiary/aromatic N) is 3. The average molecular weight is 438 g/mol. The number of fused-ring (bicyclic) bond motifs is 1. The van der Waals surface area contributed by atoms with Crippen LogP contribution in [0.25, 0.3) is 10.2 Å². The number of carbonyl (C=O) groups is 2. The molecule has 164 valence electrons. The first-order valence-corrected chi connectivity index (χ1v) is 10.4. The molecule has 0 unspecified atom stereocenters. The molecule has 3 N–H and O–H groups in total. The number of nitrogens with two attached hydrogens (primary N) is 1. The van der Waals surface area contributed by atoms with Crippen LogP contribution in [0.15, 0.2) is 9.59 Å². The smallest absolute Gasteiger partial charge is 0.426 e. The Morgan fingerprint density at radius 1 is 1.30 bits per heavy atom. The maximum atomic E-state index is 13.1. The largest absolute Gasteiger partial charge is 0.443 e. The van der Waals surface area contributed by atoms with E-state index in [2.05, 4.69) is 5.43 Å². The summed E-state index contributed by atoms with van der Waals surface area (Å²) in [5.41, 5.74) is 6.50. The highest BCUT2D eigenvalue weighted by Crippen LogP contribution is 2.41. The Labute approximate surface area is 177 Å². The second-order valence-electron chi connectivity index (χ2n) is 8.85. The summed E-state index contributed by atoms with van der Waals surface area (Å²) in [5, 5.41) is 1.36. The fourth-order valence-electron chi connectivity index (χ4n) is 3.23. The van der Waals surface area contributed by atoms with Crippen LogP contribution in [0.3, 0.4) is 0 Å². The van der Waals surface area contributed by atoms with Gasteiger partial charge in [0.15, 0.2) is 0 Å². The first-order valence-electron chi connectivity index (χ1n) is 9.56. The first kappa shape index (κ1) is 21.9. The second-order valence-corrected chi connectivity index (χ2v) is 9.93. The molecule has 3 amide bonds. The predicted molar refractivity (Wildman–Crippen MR) is 113 cm³/mol. The molecule has 0 aliphatic heterocycles. The van der Waals surface area contributed by atoms with Crippen molar-refractivity contribution >= 4 is 33.7 Å². The van der Waals surface area contributed by atoms with Crippen LogP contribution in [0.4, 0.5) is 9.59 Å². The number of primary amides is 1. The Hall–Kier alpha value is -2.82. The van der Waals surface area contributed by atoms with Gasteiger partial charge in [-0.05, 0) is 53.0 Å². The van der Waals surface area contributed by atoms with E-state index in [1.54, 1.807) is 34.7 Å². The van der Waals surface area contributed by atoms with Gasteiger partial charge in [0.25, 0.3) is 5.56 Å². The molecule has 0 atom stereocenters. The topological polar surface area (TPSA) is 129 Å². The number of nitrogens with one attached hydrogen (secondary N) is 1. The van der Waals surface area contributed by atoms with Gasteiger partial charge in [-0.25, -0.2) is 24.8 Å². The predicted octanol–water partition coefficient (Wildman–Crippen LogP) is 1.90. The summed E-state index contributed by atoms with van der Waals surface area (Å²) in [6.07, 6.45) is 0.731. The Balaban J connectivity index is 2.01. The van der Waals surface area contributed by atoms with Crippen molar-refractivity contribution in [1.29, 1.82) is 0 Å². The minimum absolute atomic E-state index is 0.0648. The number of urea groups is 1. The van der Waals surface area contributed by atoms with Crippen LogP contribution in [0, 0.1) is 6.92 Å². The monoisotopic (exact) mass is 437 g/mol. The lowest BCUT2D eigenvalue weighted by atomic mass is 10.2. The summed E-state index contributed by atoms with van der Waals surface area (Å²) in [6, 6.07) is -0.880. The molecule has 1 aliphatic rings. The average Bonchev–Trinajstić information content (AvgIpc) is 3.24. The van der Waals surface area contributed by atoms with Crippen molar-refractivity contribution in [3.63, 3.8) is 0 Å². The molecule has 1 fully saturated rings. The van der Waals surface area contributed by atoms with Crippen molar-refractivity contribution in [3.05, 3.63) is 31.3 Å². The first-order chi connectivity index (χ1) is 13.7. The van der Waals surface area contributed by atoms with E-state index in [-0.39, 0.29) is 17.8 Å². The Morgan fingerprint density at radius 3 is 2.40 bits per heavy atom. The fraction of sp³-hybridized carbons (Fsp3) is 0.579. The van der Waals surface area contributed by atoms with Crippen molar-refractivity contribution in [2.45, 2.75) is 65.1 Å². The molecule has 2 heterocycles. The highest BCUT2D eigenvalue weighted by Gasteiger charge is 2.42. The summed E-state index contributed by atoms with van der Waals surface area (Å²) in [7, 11) is 1.62. The normalized spacial score (nSPS) is 15.1. The van der Waals surface area contributed by atoms with Crippen LogP contribution in [0.2, 0.25) is 0 Å². The highest BCUT2D eigenvalue weighted by molar-refractivity contribution is 7.18. The number of carbonyl (C=O) groups excluding carboxylic acids is 2. The highest BCUT2D eigenvalue weighted by atomic mass is 32.1. The third-order valence-electron chi connectivity index (χ3n) is 5.13. The number of hydrogen-bond acceptors (Lipinski definition) is 6. The molecule has 10 nitrogen and oxygen atoms in total. The van der Waals surface area contributed by atoms with Gasteiger partial charge in [0.05, 0.1) is 17.5 Å². The summed E-state index contributed by atoms with van der Waals surface area (Å²) < 4.78 is 7.94. The van der Waals surface area contributed by atoms with Crippen molar-refractivity contribution in [2.75, 3.05) is 0 Å². The number of hydrazine groups is 1. The standard InChI is InChI=1S/C19H27N5O5S/c1-10-11(9-23(15(20)26)21-16(27)29-18(2,3)4)30-14-12(10)13(25)24(17(28)22(14)6)19(5)7-8-19/h7-9H2,1-6H3,(H2,20,26)(H,21,27).